The number of ether oxygens (including phenoxy) is 1. The van der Waals surface area contributed by atoms with E-state index < -0.39 is 0 Å². The fraction of sp³-hybridized carbons (Fsp3) is 0.0976. The van der Waals surface area contributed by atoms with Crippen molar-refractivity contribution in [3.05, 3.63) is 245 Å². The van der Waals surface area contributed by atoms with Crippen LogP contribution >= 0.6 is 56.9 Å². The first-order valence-electron chi connectivity index (χ1n) is 36.3. The lowest BCUT2D eigenvalue weighted by molar-refractivity contribution is 0.348. The van der Waals surface area contributed by atoms with E-state index in [1.165, 1.54) is 25.7 Å². The standard InChI is InChI=1S/C25H17ClN6OS.C20H22N6S.C19H15N7S.C18H13N7S/c26-16-1-6-19(7-2-16)33-20-8-3-17(4-9-20)29-25-30-22-11-12-34-23(22)24(31-25)28-18-5-10-21-15(13-18)14-27-32-21;1-12-4-2-3-5-15(12)23-20-24-17-8-9-27-18(17)19(25-20)22-14-6-7-16-13(10-14)11-21-26-16;1-11-3-2-4-16(21-11)24-19-23-15-7-8-27-17(15)18(25-19)22-13-5-6-14-12(9-13)10-20-26-14;1-2-7-19-15(3-1)23-18-22-14-6-8-26-16(14)17(24-18)21-12-4-5-13-11(9-12)10-20-25-13/h1-14H,(H,27,32)(H2,28,29,30,31);6-12,15H,2-5H2,1H3,(H,21,26)(H2,22,23,24,25);2-10H,1H3,(H,20,26)(H2,21,22,23,24,25);1-10H,(H,20,25)(H2,19,21,22,23,24). The Morgan fingerprint density at radius 3 is 1.20 bits per heavy atom. The van der Waals surface area contributed by atoms with E-state index in [1.807, 2.05) is 187 Å². The third-order valence-electron chi connectivity index (χ3n) is 18.6. The molecule has 14 heterocycles. The molecule has 0 spiro atoms. The monoisotopic (exact) mass is 1590 g/mol. The van der Waals surface area contributed by atoms with Crippen LogP contribution in [-0.4, -0.2) is 96.7 Å². The number of rotatable bonds is 18. The number of anilines is 15. The second-order valence-corrected chi connectivity index (χ2v) is 30.8. The van der Waals surface area contributed by atoms with Gasteiger partial charge in [-0.1, -0.05) is 43.5 Å². The lowest BCUT2D eigenvalue weighted by Gasteiger charge is -2.29. The van der Waals surface area contributed by atoms with Gasteiger partial charge in [-0.3, -0.25) is 20.4 Å². The third kappa shape index (κ3) is 16.8. The van der Waals surface area contributed by atoms with E-state index >= 15 is 0 Å². The summed E-state index contributed by atoms with van der Waals surface area (Å²) in [6, 6.07) is 59.0. The largest absolute Gasteiger partial charge is 0.457 e. The van der Waals surface area contributed by atoms with E-state index in [4.69, 9.17) is 31.3 Å². The van der Waals surface area contributed by atoms with Crippen molar-refractivity contribution in [3.63, 3.8) is 0 Å². The molecule has 562 valence electrons. The number of hydrogen-bond donors (Lipinski definition) is 12. The molecule has 12 N–H and O–H groups in total. The molecule has 2 atom stereocenters. The molecule has 0 saturated heterocycles. The van der Waals surface area contributed by atoms with Gasteiger partial charge in [-0.25, -0.2) is 29.9 Å². The van der Waals surface area contributed by atoms with Crippen molar-refractivity contribution < 1.29 is 4.74 Å². The molecule has 20 aromatic rings. The zero-order valence-electron chi connectivity index (χ0n) is 60.7. The van der Waals surface area contributed by atoms with Gasteiger partial charge in [0.05, 0.1) is 87.7 Å². The van der Waals surface area contributed by atoms with Crippen molar-refractivity contribution in [3.8, 4) is 11.5 Å². The summed E-state index contributed by atoms with van der Waals surface area (Å²) >= 11 is 12.4. The Labute approximate surface area is 670 Å². The van der Waals surface area contributed by atoms with Crippen LogP contribution in [0.15, 0.2) is 234 Å². The first kappa shape index (κ1) is 71.7. The molecule has 14 aromatic heterocycles. The van der Waals surface area contributed by atoms with E-state index in [0.29, 0.717) is 46.6 Å². The third-order valence-corrected chi connectivity index (χ3v) is 22.5. The highest BCUT2D eigenvalue weighted by Crippen LogP contribution is 2.38. The fourth-order valence-corrected chi connectivity index (χ4v) is 16.2. The zero-order valence-corrected chi connectivity index (χ0v) is 64.7. The van der Waals surface area contributed by atoms with Gasteiger partial charge in [-0.05, 0) is 217 Å². The Bertz CT molecular complexity index is 6740. The van der Waals surface area contributed by atoms with Crippen LogP contribution in [0, 0.1) is 12.8 Å². The van der Waals surface area contributed by atoms with Gasteiger partial charge in [0, 0.05) is 72.9 Å². The van der Waals surface area contributed by atoms with Crippen LogP contribution in [0.2, 0.25) is 5.02 Å². The minimum absolute atomic E-state index is 0.449. The second-order valence-electron chi connectivity index (χ2n) is 26.7. The van der Waals surface area contributed by atoms with Gasteiger partial charge in [0.2, 0.25) is 23.8 Å². The van der Waals surface area contributed by atoms with Crippen LogP contribution in [0.1, 0.15) is 38.3 Å². The molecule has 1 saturated carbocycles. The Morgan fingerprint density at radius 2 is 0.772 bits per heavy atom. The van der Waals surface area contributed by atoms with Gasteiger partial charge in [0.25, 0.3) is 0 Å². The van der Waals surface area contributed by atoms with Crippen LogP contribution in [-0.2, 0) is 0 Å². The number of hydrogen-bond acceptors (Lipinski definition) is 27. The average molecular weight is 1600 g/mol. The molecule has 1 fully saturated rings. The summed E-state index contributed by atoms with van der Waals surface area (Å²) in [5.41, 5.74) is 13.2. The van der Waals surface area contributed by atoms with Crippen LogP contribution in [0.25, 0.3) is 84.5 Å². The predicted molar refractivity (Wildman–Crippen MR) is 463 cm³/mol. The van der Waals surface area contributed by atoms with Gasteiger partial charge in [-0.2, -0.15) is 40.3 Å². The number of fused-ring (bicyclic) bond motifs is 8. The van der Waals surface area contributed by atoms with Crippen LogP contribution in [0.3, 0.4) is 0 Å². The minimum atomic E-state index is 0.449. The smallest absolute Gasteiger partial charge is 0.231 e. The lowest BCUT2D eigenvalue weighted by atomic mass is 9.86. The molecule has 32 heteroatoms. The van der Waals surface area contributed by atoms with Crippen molar-refractivity contribution >= 4 is 229 Å². The zero-order chi connectivity index (χ0) is 76.7. The molecule has 21 rings (SSSR count). The maximum absolute atomic E-state index is 5.93. The van der Waals surface area contributed by atoms with E-state index in [-0.39, 0.29) is 0 Å². The Hall–Kier alpha value is -13.9. The van der Waals surface area contributed by atoms with Crippen LogP contribution in [0.4, 0.5) is 87.1 Å². The van der Waals surface area contributed by atoms with E-state index in [0.717, 1.165) is 159 Å². The second kappa shape index (κ2) is 32.6. The van der Waals surface area contributed by atoms with Gasteiger partial charge in [0.1, 0.15) is 23.1 Å². The summed E-state index contributed by atoms with van der Waals surface area (Å²) in [5.74, 6) is 8.85. The quantitative estimate of drug-likeness (QED) is 0.0380. The van der Waals surface area contributed by atoms with E-state index in [9.17, 15) is 0 Å². The summed E-state index contributed by atoms with van der Waals surface area (Å²) in [6.45, 7) is 4.27. The van der Waals surface area contributed by atoms with Crippen molar-refractivity contribution in [1.29, 1.82) is 0 Å². The van der Waals surface area contributed by atoms with Gasteiger partial charge < -0.3 is 47.3 Å². The Morgan fingerprint density at radius 1 is 0.377 bits per heavy atom. The number of halogens is 1. The number of thiophene rings is 4. The maximum atomic E-state index is 5.93. The summed E-state index contributed by atoms with van der Waals surface area (Å²) in [5, 5.41) is 68.1. The molecule has 1 aliphatic rings. The van der Waals surface area contributed by atoms with Crippen molar-refractivity contribution in [2.24, 2.45) is 5.92 Å². The molecular weight excluding hydrogens is 1530 g/mol. The number of nitrogens with zero attached hydrogens (tertiary/aromatic N) is 14. The summed E-state index contributed by atoms with van der Waals surface area (Å²) in [7, 11) is 0. The number of benzene rings is 6. The fourth-order valence-electron chi connectivity index (χ4n) is 13.0. The highest BCUT2D eigenvalue weighted by molar-refractivity contribution is 7.18. The van der Waals surface area contributed by atoms with Gasteiger partial charge >= 0.3 is 0 Å². The molecule has 1 aliphatic carbocycles. The Balaban J connectivity index is 0.000000106. The summed E-state index contributed by atoms with van der Waals surface area (Å²) in [6.07, 6.45) is 14.0. The van der Waals surface area contributed by atoms with Crippen LogP contribution < -0.4 is 47.3 Å². The molecule has 6 aromatic carbocycles. The number of pyridine rings is 2. The van der Waals surface area contributed by atoms with Crippen molar-refractivity contribution in [1.82, 2.24) is 90.6 Å². The number of aryl methyl sites for hydroxylation is 1. The van der Waals surface area contributed by atoms with E-state index in [2.05, 4.69) is 143 Å². The first-order valence-corrected chi connectivity index (χ1v) is 40.2. The minimum Gasteiger partial charge on any atom is -0.457 e. The number of aromatic amines is 4. The molecular formula is C82H67ClN26OS4. The molecule has 0 radical (unpaired) electrons. The van der Waals surface area contributed by atoms with E-state index in [1.54, 1.807) is 82.3 Å². The summed E-state index contributed by atoms with van der Waals surface area (Å²) < 4.78 is 9.94. The molecule has 0 amide bonds. The number of nitrogens with one attached hydrogen (secondary N) is 12. The van der Waals surface area contributed by atoms with Gasteiger partial charge in [0.15, 0.2) is 23.3 Å². The van der Waals surface area contributed by atoms with Crippen molar-refractivity contribution in [2.75, 3.05) is 42.5 Å². The highest BCUT2D eigenvalue weighted by Gasteiger charge is 2.23. The average Bonchev–Trinajstić information content (AvgIpc) is 1.69. The van der Waals surface area contributed by atoms with Crippen molar-refractivity contribution in [2.45, 2.75) is 45.6 Å². The normalized spacial score (nSPS) is 13.3. The molecule has 0 bridgehead atoms. The topological polar surface area (TPSA) is 349 Å². The first-order chi connectivity index (χ1) is 56.0. The SMILES string of the molecule is CC1CCCCC1Nc1nc(Nc2ccc3[nH]ncc3c2)c2sccc2n1.Cc1cccc(Nc2nc(Nc3ccc4[nH]ncc4c3)c3sccc3n2)n1.Clc1ccc(Oc2ccc(Nc3nc(Nc4ccc5[nH]ncc5c4)c4sccc4n3)cc2)cc1.c1ccc(Nc2nc(Nc3ccc4[nH]ncc4c3)c3sccc3n2)nc1. The maximum Gasteiger partial charge on any atom is 0.231 e. The predicted octanol–water partition coefficient (Wildman–Crippen LogP) is 22.0. The number of H-pyrrole nitrogens is 4. The molecule has 2 unspecified atom stereocenters. The molecule has 114 heavy (non-hydrogen) atoms. The van der Waals surface area contributed by atoms with Crippen LogP contribution in [0.5, 0.6) is 11.5 Å². The van der Waals surface area contributed by atoms with Gasteiger partial charge in [-0.15, -0.1) is 45.3 Å². The highest BCUT2D eigenvalue weighted by atomic mass is 35.5. The molecule has 0 aliphatic heterocycles. The summed E-state index contributed by atoms with van der Waals surface area (Å²) in [4.78, 5) is 46.2. The number of aromatic nitrogens is 18. The Kier molecular flexibility index (Phi) is 20.5. The lowest BCUT2D eigenvalue weighted by Crippen LogP contribution is -2.31. The molecule has 27 nitrogen and oxygen atoms in total.